The number of fused-ring (bicyclic) bond motifs is 1. The minimum absolute atomic E-state index is 0.0432. The highest BCUT2D eigenvalue weighted by molar-refractivity contribution is 6.07. The highest BCUT2D eigenvalue weighted by Gasteiger charge is 2.19. The number of rotatable bonds is 4. The predicted octanol–water partition coefficient (Wildman–Crippen LogP) is 3.81. The van der Waals surface area contributed by atoms with Crippen molar-refractivity contribution < 1.29 is 4.79 Å². The van der Waals surface area contributed by atoms with Crippen LogP contribution in [0.1, 0.15) is 21.6 Å². The summed E-state index contributed by atoms with van der Waals surface area (Å²) >= 11 is 0. The van der Waals surface area contributed by atoms with Gasteiger partial charge in [0.05, 0.1) is 5.56 Å². The lowest BCUT2D eigenvalue weighted by Gasteiger charge is -2.19. The summed E-state index contributed by atoms with van der Waals surface area (Å²) in [6.45, 7) is 2.54. The molecule has 0 saturated heterocycles. The minimum Gasteiger partial charge on any atom is -0.378 e. The van der Waals surface area contributed by atoms with Gasteiger partial charge in [-0.15, -0.1) is 0 Å². The van der Waals surface area contributed by atoms with Gasteiger partial charge in [0, 0.05) is 50.0 Å². The van der Waals surface area contributed by atoms with E-state index in [-0.39, 0.29) is 5.91 Å². The lowest BCUT2D eigenvalue weighted by atomic mass is 10.1. The Balaban J connectivity index is 1.82. The summed E-state index contributed by atoms with van der Waals surface area (Å²) in [4.78, 5) is 20.0. The van der Waals surface area contributed by atoms with E-state index in [2.05, 4.69) is 34.1 Å². The quantitative estimate of drug-likeness (QED) is 0.793. The van der Waals surface area contributed by atoms with Crippen molar-refractivity contribution in [1.29, 1.82) is 0 Å². The molecule has 4 nitrogen and oxygen atoms in total. The topological polar surface area (TPSA) is 39.3 Å². The first-order valence-electron chi connectivity index (χ1n) is 8.06. The number of hydrogen-bond acceptors (Lipinski definition) is 2. The van der Waals surface area contributed by atoms with Crippen molar-refractivity contribution in [3.05, 3.63) is 65.4 Å². The Labute approximate surface area is 142 Å². The summed E-state index contributed by atoms with van der Waals surface area (Å²) in [6, 6.07) is 16.2. The second-order valence-electron chi connectivity index (χ2n) is 6.39. The predicted molar refractivity (Wildman–Crippen MR) is 99.6 cm³/mol. The third-order valence-electron chi connectivity index (χ3n) is 4.33. The number of nitrogens with zero attached hydrogens (tertiary/aromatic N) is 2. The number of aromatic nitrogens is 1. The van der Waals surface area contributed by atoms with Crippen molar-refractivity contribution in [1.82, 2.24) is 9.88 Å². The minimum atomic E-state index is 0.0432. The van der Waals surface area contributed by atoms with Gasteiger partial charge in [0.2, 0.25) is 0 Å². The van der Waals surface area contributed by atoms with Crippen molar-refractivity contribution in [2.45, 2.75) is 13.5 Å². The molecule has 3 aromatic rings. The zero-order chi connectivity index (χ0) is 17.3. The van der Waals surface area contributed by atoms with Gasteiger partial charge in [-0.3, -0.25) is 4.79 Å². The van der Waals surface area contributed by atoms with Crippen LogP contribution in [-0.4, -0.2) is 36.9 Å². The van der Waals surface area contributed by atoms with Gasteiger partial charge in [0.15, 0.2) is 0 Å². The van der Waals surface area contributed by atoms with E-state index >= 15 is 0 Å². The second-order valence-corrected chi connectivity index (χ2v) is 6.39. The molecule has 0 fully saturated rings. The number of carbonyl (C=O) groups is 1. The maximum absolute atomic E-state index is 12.9. The van der Waals surface area contributed by atoms with Crippen LogP contribution in [0.25, 0.3) is 10.9 Å². The molecule has 1 amide bonds. The molecule has 3 rings (SSSR count). The molecule has 0 saturated carbocycles. The lowest BCUT2D eigenvalue weighted by Crippen LogP contribution is -2.26. The number of hydrogen-bond donors (Lipinski definition) is 1. The maximum Gasteiger partial charge on any atom is 0.256 e. The Morgan fingerprint density at radius 2 is 1.67 bits per heavy atom. The molecule has 4 heteroatoms. The molecule has 0 bridgehead atoms. The van der Waals surface area contributed by atoms with Crippen molar-refractivity contribution in [2.24, 2.45) is 0 Å². The lowest BCUT2D eigenvalue weighted by molar-refractivity contribution is 0.0786. The number of carbonyl (C=O) groups excluding carboxylic acids is 1. The Morgan fingerprint density at radius 1 is 1.00 bits per heavy atom. The normalized spacial score (nSPS) is 10.8. The summed E-state index contributed by atoms with van der Waals surface area (Å²) < 4.78 is 0. The molecule has 2 aromatic carbocycles. The first kappa shape index (κ1) is 16.1. The van der Waals surface area contributed by atoms with Gasteiger partial charge < -0.3 is 14.8 Å². The Morgan fingerprint density at radius 3 is 2.33 bits per heavy atom. The average molecular weight is 321 g/mol. The highest BCUT2D eigenvalue weighted by atomic mass is 16.2. The van der Waals surface area contributed by atoms with Crippen LogP contribution < -0.4 is 4.90 Å². The van der Waals surface area contributed by atoms with Crippen LogP contribution in [0.15, 0.2) is 48.5 Å². The molecule has 1 heterocycles. The summed E-state index contributed by atoms with van der Waals surface area (Å²) in [5, 5.41) is 0.981. The van der Waals surface area contributed by atoms with E-state index in [0.717, 1.165) is 33.4 Å². The monoisotopic (exact) mass is 321 g/mol. The number of benzene rings is 2. The van der Waals surface area contributed by atoms with E-state index in [9.17, 15) is 4.79 Å². The molecule has 0 atom stereocenters. The average Bonchev–Trinajstić information content (AvgIpc) is 2.90. The van der Waals surface area contributed by atoms with Gasteiger partial charge in [-0.1, -0.05) is 30.3 Å². The van der Waals surface area contributed by atoms with Gasteiger partial charge in [0.25, 0.3) is 5.91 Å². The number of aromatic amines is 1. The molecule has 1 N–H and O–H groups in total. The molecule has 124 valence electrons. The van der Waals surface area contributed by atoms with Crippen molar-refractivity contribution in [2.75, 3.05) is 26.0 Å². The van der Waals surface area contributed by atoms with Gasteiger partial charge in [-0.05, 0) is 30.7 Å². The van der Waals surface area contributed by atoms with E-state index in [4.69, 9.17) is 0 Å². The standard InChI is InChI=1S/C20H23N3O/c1-14-19(17-7-5-6-8-18(17)21-14)20(24)23(4)13-15-9-11-16(12-10-15)22(2)3/h5-12,21H,13H2,1-4H3. The van der Waals surface area contributed by atoms with Crippen LogP contribution in [0.5, 0.6) is 0 Å². The molecule has 1 aromatic heterocycles. The number of H-pyrrole nitrogens is 1. The fraction of sp³-hybridized carbons (Fsp3) is 0.250. The number of aryl methyl sites for hydroxylation is 1. The molecule has 0 aliphatic carbocycles. The van der Waals surface area contributed by atoms with Crippen LogP contribution in [0.3, 0.4) is 0 Å². The Bertz CT molecular complexity index is 862. The molecule has 0 aliphatic heterocycles. The van der Waals surface area contributed by atoms with Crippen LogP contribution in [0, 0.1) is 6.92 Å². The second kappa shape index (κ2) is 6.40. The van der Waals surface area contributed by atoms with Crippen molar-refractivity contribution in [3.8, 4) is 0 Å². The third-order valence-corrected chi connectivity index (χ3v) is 4.33. The summed E-state index contributed by atoms with van der Waals surface area (Å²) in [5.74, 6) is 0.0432. The van der Waals surface area contributed by atoms with Crippen molar-refractivity contribution >= 4 is 22.5 Å². The van der Waals surface area contributed by atoms with Crippen molar-refractivity contribution in [3.63, 3.8) is 0 Å². The zero-order valence-electron chi connectivity index (χ0n) is 14.6. The third kappa shape index (κ3) is 3.00. The van der Waals surface area contributed by atoms with E-state index in [1.807, 2.05) is 52.3 Å². The summed E-state index contributed by atoms with van der Waals surface area (Å²) in [6.07, 6.45) is 0. The van der Waals surface area contributed by atoms with Crippen LogP contribution >= 0.6 is 0 Å². The molecular weight excluding hydrogens is 298 g/mol. The Hall–Kier alpha value is -2.75. The molecule has 0 aliphatic rings. The summed E-state index contributed by atoms with van der Waals surface area (Å²) in [5.41, 5.74) is 4.95. The number of nitrogens with one attached hydrogen (secondary N) is 1. The van der Waals surface area contributed by atoms with Gasteiger partial charge in [-0.25, -0.2) is 0 Å². The fourth-order valence-corrected chi connectivity index (χ4v) is 2.99. The first-order chi connectivity index (χ1) is 11.5. The zero-order valence-corrected chi connectivity index (χ0v) is 14.6. The molecule has 0 unspecified atom stereocenters. The molecule has 0 radical (unpaired) electrons. The highest BCUT2D eigenvalue weighted by Crippen LogP contribution is 2.23. The van der Waals surface area contributed by atoms with Crippen LogP contribution in [-0.2, 0) is 6.54 Å². The SMILES string of the molecule is Cc1[nH]c2ccccc2c1C(=O)N(C)Cc1ccc(N(C)C)cc1. The van der Waals surface area contributed by atoms with Gasteiger partial charge in [0.1, 0.15) is 0 Å². The smallest absolute Gasteiger partial charge is 0.256 e. The van der Waals surface area contributed by atoms with E-state index in [1.54, 1.807) is 4.90 Å². The summed E-state index contributed by atoms with van der Waals surface area (Å²) in [7, 11) is 5.89. The van der Waals surface area contributed by atoms with Gasteiger partial charge >= 0.3 is 0 Å². The van der Waals surface area contributed by atoms with Crippen LogP contribution in [0.2, 0.25) is 0 Å². The van der Waals surface area contributed by atoms with E-state index < -0.39 is 0 Å². The first-order valence-corrected chi connectivity index (χ1v) is 8.06. The molecule has 24 heavy (non-hydrogen) atoms. The number of amides is 1. The van der Waals surface area contributed by atoms with E-state index in [0.29, 0.717) is 6.54 Å². The van der Waals surface area contributed by atoms with E-state index in [1.165, 1.54) is 0 Å². The van der Waals surface area contributed by atoms with Crippen LogP contribution in [0.4, 0.5) is 5.69 Å². The fourth-order valence-electron chi connectivity index (χ4n) is 2.99. The largest absolute Gasteiger partial charge is 0.378 e. The molecular formula is C20H23N3O. The maximum atomic E-state index is 12.9. The molecule has 0 spiro atoms. The number of anilines is 1. The number of para-hydroxylation sites is 1. The Kier molecular flexibility index (Phi) is 4.30. The van der Waals surface area contributed by atoms with Gasteiger partial charge in [-0.2, -0.15) is 0 Å².